The van der Waals surface area contributed by atoms with E-state index in [9.17, 15) is 0 Å². The average molecular weight is 607 g/mol. The quantitative estimate of drug-likeness (QED) is 0.236. The third-order valence-corrected chi connectivity index (χ3v) is 4.86. The number of benzene rings is 2. The van der Waals surface area contributed by atoms with Crippen LogP contribution < -0.4 is 0 Å². The van der Waals surface area contributed by atoms with Gasteiger partial charge in [0.05, 0.1) is 0 Å². The molecule has 2 aromatic rings. The summed E-state index contributed by atoms with van der Waals surface area (Å²) in [6.07, 6.45) is 14.6. The normalized spacial score (nSPS) is 7.72. The first-order valence-corrected chi connectivity index (χ1v) is 19.1. The van der Waals surface area contributed by atoms with E-state index in [2.05, 4.69) is 109 Å². The Balaban J connectivity index is -0.0000000570. The number of unbranched alkanes of at least 4 members (excludes halogenated alkanes) is 4. The molecule has 0 N–H and O–H groups in total. The maximum atomic E-state index is 2.27. The second-order valence-electron chi connectivity index (χ2n) is 8.71. The third-order valence-electron chi connectivity index (χ3n) is 4.86. The van der Waals surface area contributed by atoms with E-state index >= 15 is 0 Å². The molecule has 0 heterocycles. The SMILES string of the molecule is CC.CC.CC.CC.CC.CC.CCCCC(C)C.CCCCCC.CCCc1ccccc1.CCCc1ccccc1. The molecule has 0 bridgehead atoms. The summed E-state index contributed by atoms with van der Waals surface area (Å²) in [5, 5.41) is 0. The molecule has 0 aliphatic rings. The fraction of sp³-hybridized carbons (Fsp3) is 0.721. The van der Waals surface area contributed by atoms with Gasteiger partial charge in [0.2, 0.25) is 0 Å². The van der Waals surface area contributed by atoms with Crippen LogP contribution in [0, 0.1) is 5.92 Å². The van der Waals surface area contributed by atoms with E-state index in [1.165, 1.54) is 81.8 Å². The molecular formula is C43H90. The lowest BCUT2D eigenvalue weighted by Gasteiger charge is -1.98. The Labute approximate surface area is 279 Å². The summed E-state index contributed by atoms with van der Waals surface area (Å²) in [4.78, 5) is 0. The summed E-state index contributed by atoms with van der Waals surface area (Å²) < 4.78 is 0. The van der Waals surface area contributed by atoms with Crippen molar-refractivity contribution in [3.63, 3.8) is 0 Å². The fourth-order valence-corrected chi connectivity index (χ4v) is 2.98. The van der Waals surface area contributed by atoms with E-state index in [1.807, 2.05) is 83.1 Å². The Morgan fingerprint density at radius 2 is 0.628 bits per heavy atom. The van der Waals surface area contributed by atoms with Gasteiger partial charge in [-0.05, 0) is 29.9 Å². The third kappa shape index (κ3) is 79.4. The second kappa shape index (κ2) is 77.8. The van der Waals surface area contributed by atoms with E-state index in [1.54, 1.807) is 0 Å². The van der Waals surface area contributed by atoms with Gasteiger partial charge >= 0.3 is 0 Å². The maximum absolute atomic E-state index is 2.27. The molecule has 0 amide bonds. The molecule has 0 aromatic heterocycles. The van der Waals surface area contributed by atoms with Crippen molar-refractivity contribution in [2.75, 3.05) is 0 Å². The van der Waals surface area contributed by atoms with Crippen LogP contribution >= 0.6 is 0 Å². The van der Waals surface area contributed by atoms with Crippen LogP contribution in [0.5, 0.6) is 0 Å². The topological polar surface area (TPSA) is 0 Å². The van der Waals surface area contributed by atoms with Crippen LogP contribution in [-0.2, 0) is 12.8 Å². The van der Waals surface area contributed by atoms with Crippen molar-refractivity contribution in [2.24, 2.45) is 5.92 Å². The first-order chi connectivity index (χ1) is 21.0. The molecule has 0 radical (unpaired) electrons. The Hall–Kier alpha value is -1.56. The Bertz CT molecular complexity index is 481. The van der Waals surface area contributed by atoms with Crippen LogP contribution in [-0.4, -0.2) is 0 Å². The van der Waals surface area contributed by atoms with Crippen molar-refractivity contribution in [2.45, 2.75) is 202 Å². The van der Waals surface area contributed by atoms with E-state index in [0.29, 0.717) is 0 Å². The highest BCUT2D eigenvalue weighted by Gasteiger charge is 1.89. The number of aryl methyl sites for hydroxylation is 2. The second-order valence-corrected chi connectivity index (χ2v) is 8.71. The van der Waals surface area contributed by atoms with Gasteiger partial charge in [-0.2, -0.15) is 0 Å². The highest BCUT2D eigenvalue weighted by molar-refractivity contribution is 5.15. The van der Waals surface area contributed by atoms with E-state index in [-0.39, 0.29) is 0 Å². The van der Waals surface area contributed by atoms with Crippen LogP contribution in [0.4, 0.5) is 0 Å². The van der Waals surface area contributed by atoms with Gasteiger partial charge in [-0.25, -0.2) is 0 Å². The minimum atomic E-state index is 0.903. The summed E-state index contributed by atoms with van der Waals surface area (Å²) >= 11 is 0. The Morgan fingerprint density at radius 3 is 0.791 bits per heavy atom. The highest BCUT2D eigenvalue weighted by Crippen LogP contribution is 2.04. The molecular weight excluding hydrogens is 516 g/mol. The van der Waals surface area contributed by atoms with Crippen LogP contribution in [0.15, 0.2) is 60.7 Å². The van der Waals surface area contributed by atoms with Gasteiger partial charge in [0.15, 0.2) is 0 Å². The Morgan fingerprint density at radius 1 is 0.372 bits per heavy atom. The van der Waals surface area contributed by atoms with Gasteiger partial charge in [0.1, 0.15) is 0 Å². The lowest BCUT2D eigenvalue weighted by Crippen LogP contribution is -1.83. The van der Waals surface area contributed by atoms with E-state index < -0.39 is 0 Å². The van der Waals surface area contributed by atoms with Crippen molar-refractivity contribution in [1.29, 1.82) is 0 Å². The van der Waals surface area contributed by atoms with Crippen LogP contribution in [0.1, 0.15) is 200 Å². The molecule has 0 nitrogen and oxygen atoms in total. The largest absolute Gasteiger partial charge is 0.0683 e. The van der Waals surface area contributed by atoms with Gasteiger partial charge in [0, 0.05) is 0 Å². The monoisotopic (exact) mass is 607 g/mol. The lowest BCUT2D eigenvalue weighted by atomic mass is 10.1. The number of rotatable bonds is 10. The summed E-state index contributed by atoms with van der Waals surface area (Å²) in [7, 11) is 0. The molecule has 0 fully saturated rings. The summed E-state index contributed by atoms with van der Waals surface area (Å²) in [6, 6.07) is 21.1. The molecule has 0 spiro atoms. The summed E-state index contributed by atoms with van der Waals surface area (Å²) in [6.45, 7) is 39.7. The molecule has 2 rings (SSSR count). The fourth-order valence-electron chi connectivity index (χ4n) is 2.98. The average Bonchev–Trinajstić information content (AvgIpc) is 3.10. The molecule has 0 saturated carbocycles. The number of hydrogen-bond acceptors (Lipinski definition) is 0. The minimum absolute atomic E-state index is 0.903. The summed E-state index contributed by atoms with van der Waals surface area (Å²) in [5.41, 5.74) is 2.89. The lowest BCUT2D eigenvalue weighted by molar-refractivity contribution is 0.550. The highest BCUT2D eigenvalue weighted by atomic mass is 13.9. The molecule has 0 aliphatic heterocycles. The van der Waals surface area contributed by atoms with E-state index in [4.69, 9.17) is 0 Å². The van der Waals surface area contributed by atoms with Crippen molar-refractivity contribution < 1.29 is 0 Å². The molecule has 0 atom stereocenters. The first-order valence-electron chi connectivity index (χ1n) is 19.1. The van der Waals surface area contributed by atoms with Crippen molar-refractivity contribution >= 4 is 0 Å². The summed E-state index contributed by atoms with van der Waals surface area (Å²) in [5.74, 6) is 0.903. The van der Waals surface area contributed by atoms with Gasteiger partial charge in [-0.3, -0.25) is 0 Å². The zero-order valence-electron chi connectivity index (χ0n) is 34.1. The predicted octanol–water partition coefficient (Wildman–Crippen LogP) is 16.9. The standard InChI is InChI=1S/2C9H12.C7H16.C6H14.6C2H6/c2*1-2-6-9-7-4-3-5-8-9;1-4-5-6-7(2)3;1-3-5-6-4-2;6*1-2/h2*3-5,7-8H,2,6H2,1H3;7H,4-6H2,1-3H3;3-6H2,1-2H3;6*1-2H3. The van der Waals surface area contributed by atoms with E-state index in [0.717, 1.165) is 5.92 Å². The van der Waals surface area contributed by atoms with Gasteiger partial charge in [-0.1, -0.05) is 250 Å². The first kappa shape index (κ1) is 60.6. The predicted molar refractivity (Wildman–Crippen MR) is 213 cm³/mol. The van der Waals surface area contributed by atoms with Crippen LogP contribution in [0.25, 0.3) is 0 Å². The molecule has 0 aliphatic carbocycles. The number of hydrogen-bond donors (Lipinski definition) is 0. The van der Waals surface area contributed by atoms with Crippen LogP contribution in [0.2, 0.25) is 0 Å². The minimum Gasteiger partial charge on any atom is -0.0683 e. The Kier molecular flexibility index (Phi) is 110. The molecule has 262 valence electrons. The molecule has 0 heteroatoms. The van der Waals surface area contributed by atoms with Crippen molar-refractivity contribution in [3.05, 3.63) is 71.8 Å². The maximum Gasteiger partial charge on any atom is -0.0281 e. The molecule has 0 unspecified atom stereocenters. The van der Waals surface area contributed by atoms with Crippen molar-refractivity contribution in [3.8, 4) is 0 Å². The van der Waals surface area contributed by atoms with Gasteiger partial charge in [0.25, 0.3) is 0 Å². The van der Waals surface area contributed by atoms with Gasteiger partial charge in [-0.15, -0.1) is 0 Å². The zero-order valence-corrected chi connectivity index (χ0v) is 34.1. The molecule has 2 aromatic carbocycles. The zero-order chi connectivity index (χ0) is 35.6. The molecule has 43 heavy (non-hydrogen) atoms. The molecule has 0 saturated heterocycles. The smallest absolute Gasteiger partial charge is 0.0281 e. The van der Waals surface area contributed by atoms with Crippen LogP contribution in [0.3, 0.4) is 0 Å². The van der Waals surface area contributed by atoms with Gasteiger partial charge < -0.3 is 0 Å². The van der Waals surface area contributed by atoms with Crippen molar-refractivity contribution in [1.82, 2.24) is 0 Å².